The number of allylic oxidation sites excluding steroid dienone is 2. The van der Waals surface area contributed by atoms with Crippen LogP contribution in [-0.2, 0) is 6.54 Å². The van der Waals surface area contributed by atoms with Crippen molar-refractivity contribution in [3.63, 3.8) is 0 Å². The monoisotopic (exact) mass is 489 g/mol. The highest BCUT2D eigenvalue weighted by atomic mass is 19.1. The molecule has 1 saturated carbocycles. The molecule has 0 amide bonds. The number of halogens is 1. The zero-order valence-corrected chi connectivity index (χ0v) is 21.7. The van der Waals surface area contributed by atoms with Crippen molar-refractivity contribution < 1.29 is 4.39 Å². The number of nitrogens with two attached hydrogens (primary N) is 1. The standard InChI is InChI=1S/C14H20N2.C8H8FN.C8H12N2/c1-12(14-9-6-10-16(14)2)15-11-13-7-4-3-5-8-13;9-8-7(6-3-4-6)2-1-5-10-8;1-3-4-7-5-6(2)8(9)10-7/h3-5,7-8,14-15H,1,6,9-11H2,2H3;1-2,5-6H,3-4H2;3H,1,4-5,9H2,2H3. The second-order valence-electron chi connectivity index (χ2n) is 9.67. The van der Waals surface area contributed by atoms with Crippen LogP contribution in [0.1, 0.15) is 62.5 Å². The third-order valence-electron chi connectivity index (χ3n) is 6.66. The molecule has 192 valence electrons. The molecule has 0 spiro atoms. The number of nitrogens with one attached hydrogen (secondary N) is 1. The number of hydrogen-bond donors (Lipinski definition) is 2. The number of rotatable bonds is 7. The summed E-state index contributed by atoms with van der Waals surface area (Å²) >= 11 is 0. The van der Waals surface area contributed by atoms with Gasteiger partial charge in [-0.3, -0.25) is 4.90 Å². The van der Waals surface area contributed by atoms with Gasteiger partial charge in [-0.25, -0.2) is 9.98 Å². The minimum absolute atomic E-state index is 0.287. The molecule has 2 aliphatic heterocycles. The lowest BCUT2D eigenvalue weighted by atomic mass is 10.1. The van der Waals surface area contributed by atoms with E-state index in [0.717, 1.165) is 49.2 Å². The van der Waals surface area contributed by atoms with Crippen LogP contribution in [0.3, 0.4) is 0 Å². The van der Waals surface area contributed by atoms with Gasteiger partial charge in [0.25, 0.3) is 0 Å². The van der Waals surface area contributed by atoms with Gasteiger partial charge in [-0.1, -0.05) is 49.1 Å². The zero-order valence-electron chi connectivity index (χ0n) is 21.7. The fraction of sp³-hybridized carbons (Fsp3) is 0.400. The smallest absolute Gasteiger partial charge is 0.216 e. The normalized spacial score (nSPS) is 19.0. The number of aromatic nitrogens is 1. The van der Waals surface area contributed by atoms with E-state index in [1.54, 1.807) is 6.07 Å². The van der Waals surface area contributed by atoms with Crippen LogP contribution in [0.15, 0.2) is 90.0 Å². The highest BCUT2D eigenvalue weighted by Gasteiger charge is 2.26. The summed E-state index contributed by atoms with van der Waals surface area (Å²) in [4.78, 5) is 10.1. The minimum atomic E-state index is -0.287. The fourth-order valence-electron chi connectivity index (χ4n) is 4.36. The Bertz CT molecular complexity index is 1070. The summed E-state index contributed by atoms with van der Waals surface area (Å²) in [6.07, 6.45) is 9.90. The first-order chi connectivity index (χ1) is 17.4. The van der Waals surface area contributed by atoms with Crippen molar-refractivity contribution in [1.29, 1.82) is 0 Å². The molecule has 1 atom stereocenters. The lowest BCUT2D eigenvalue weighted by molar-refractivity contribution is 0.334. The molecule has 0 bridgehead atoms. The summed E-state index contributed by atoms with van der Waals surface area (Å²) < 4.78 is 12.8. The Labute approximate surface area is 215 Å². The molecule has 1 aromatic carbocycles. The van der Waals surface area contributed by atoms with Gasteiger partial charge in [0.1, 0.15) is 5.82 Å². The molecule has 6 heteroatoms. The van der Waals surface area contributed by atoms with Gasteiger partial charge >= 0.3 is 0 Å². The van der Waals surface area contributed by atoms with Crippen molar-refractivity contribution in [2.45, 2.75) is 64.0 Å². The lowest BCUT2D eigenvalue weighted by Crippen LogP contribution is -2.32. The summed E-state index contributed by atoms with van der Waals surface area (Å²) in [6.45, 7) is 11.9. The average Bonchev–Trinajstić information content (AvgIpc) is 3.55. The van der Waals surface area contributed by atoms with Crippen molar-refractivity contribution in [3.8, 4) is 0 Å². The number of aliphatic imine (C=N–C) groups is 1. The molecule has 2 aromatic rings. The Balaban J connectivity index is 0.000000157. The van der Waals surface area contributed by atoms with E-state index in [-0.39, 0.29) is 5.95 Å². The van der Waals surface area contributed by atoms with E-state index in [9.17, 15) is 4.39 Å². The van der Waals surface area contributed by atoms with Gasteiger partial charge in [0.05, 0.1) is 0 Å². The maximum atomic E-state index is 12.8. The van der Waals surface area contributed by atoms with Crippen LogP contribution in [0.4, 0.5) is 4.39 Å². The van der Waals surface area contributed by atoms with Crippen LogP contribution in [0.5, 0.6) is 0 Å². The van der Waals surface area contributed by atoms with Crippen LogP contribution >= 0.6 is 0 Å². The average molecular weight is 490 g/mol. The first-order valence-electron chi connectivity index (χ1n) is 12.8. The van der Waals surface area contributed by atoms with E-state index < -0.39 is 0 Å². The molecular weight excluding hydrogens is 449 g/mol. The van der Waals surface area contributed by atoms with Gasteiger partial charge in [0.2, 0.25) is 5.95 Å². The largest absolute Gasteiger partial charge is 0.384 e. The molecule has 3 heterocycles. The molecule has 3 aliphatic rings. The first-order valence-corrected chi connectivity index (χ1v) is 12.8. The zero-order chi connectivity index (χ0) is 25.9. The highest BCUT2D eigenvalue weighted by Crippen LogP contribution is 2.40. The van der Waals surface area contributed by atoms with Gasteiger partial charge in [-0.15, -0.1) is 6.58 Å². The quantitative estimate of drug-likeness (QED) is 0.365. The third-order valence-corrected chi connectivity index (χ3v) is 6.66. The molecule has 1 aromatic heterocycles. The van der Waals surface area contributed by atoms with Gasteiger partial charge < -0.3 is 11.1 Å². The summed E-state index contributed by atoms with van der Waals surface area (Å²) in [5.41, 5.74) is 11.1. The van der Waals surface area contributed by atoms with Crippen molar-refractivity contribution in [2.75, 3.05) is 13.6 Å². The van der Waals surface area contributed by atoms with Crippen molar-refractivity contribution >= 4 is 5.71 Å². The molecular formula is C30H40FN5. The van der Waals surface area contributed by atoms with Crippen LogP contribution < -0.4 is 11.1 Å². The second-order valence-corrected chi connectivity index (χ2v) is 9.67. The van der Waals surface area contributed by atoms with Crippen molar-refractivity contribution in [3.05, 3.63) is 102 Å². The number of pyridine rings is 1. The summed E-state index contributed by atoms with van der Waals surface area (Å²) in [5, 5.41) is 3.44. The molecule has 5 nitrogen and oxygen atoms in total. The van der Waals surface area contributed by atoms with Gasteiger partial charge in [-0.05, 0) is 69.3 Å². The fourth-order valence-corrected chi connectivity index (χ4v) is 4.36. The summed E-state index contributed by atoms with van der Waals surface area (Å²) in [5.74, 6) is 0.871. The Hall–Kier alpha value is -3.25. The van der Waals surface area contributed by atoms with E-state index in [1.165, 1.54) is 36.7 Å². The van der Waals surface area contributed by atoms with E-state index >= 15 is 0 Å². The van der Waals surface area contributed by atoms with Crippen LogP contribution in [0.2, 0.25) is 0 Å². The number of likely N-dealkylation sites (tertiary alicyclic amines) is 1. The van der Waals surface area contributed by atoms with E-state index in [2.05, 4.69) is 64.7 Å². The predicted octanol–water partition coefficient (Wildman–Crippen LogP) is 6.08. The van der Waals surface area contributed by atoms with Gasteiger partial charge in [0, 0.05) is 48.6 Å². The molecule has 1 saturated heterocycles. The Morgan fingerprint density at radius 3 is 2.50 bits per heavy atom. The number of hydrogen-bond acceptors (Lipinski definition) is 5. The Kier molecular flexibility index (Phi) is 10.4. The third kappa shape index (κ3) is 8.45. The SMILES string of the molecule is C=C(NCc1ccccc1)C1CCCN1C.C=CCC1=NC(N)=C(C)C1.Fc1ncccc1C1CC1. The number of nitrogens with zero attached hydrogens (tertiary/aromatic N) is 3. The molecule has 3 N–H and O–H groups in total. The van der Waals surface area contributed by atoms with E-state index in [1.807, 2.05) is 25.1 Å². The maximum absolute atomic E-state index is 12.8. The van der Waals surface area contributed by atoms with E-state index in [0.29, 0.717) is 17.8 Å². The predicted molar refractivity (Wildman–Crippen MR) is 148 cm³/mol. The minimum Gasteiger partial charge on any atom is -0.384 e. The maximum Gasteiger partial charge on any atom is 0.216 e. The number of likely N-dealkylation sites (N-methyl/N-ethyl adjacent to an activating group) is 1. The molecule has 1 aliphatic carbocycles. The Morgan fingerprint density at radius 1 is 1.19 bits per heavy atom. The molecule has 0 radical (unpaired) electrons. The molecule has 5 rings (SSSR count). The van der Waals surface area contributed by atoms with Crippen LogP contribution in [0, 0.1) is 5.95 Å². The molecule has 2 fully saturated rings. The lowest BCUT2D eigenvalue weighted by Gasteiger charge is -2.22. The van der Waals surface area contributed by atoms with Crippen LogP contribution in [-0.4, -0.2) is 35.2 Å². The molecule has 36 heavy (non-hydrogen) atoms. The number of benzene rings is 1. The molecule has 1 unspecified atom stereocenters. The van der Waals surface area contributed by atoms with Gasteiger partial charge in [0.15, 0.2) is 0 Å². The summed E-state index contributed by atoms with van der Waals surface area (Å²) in [6, 6.07) is 14.6. The topological polar surface area (TPSA) is 66.5 Å². The second kappa shape index (κ2) is 13.7. The highest BCUT2D eigenvalue weighted by molar-refractivity contribution is 5.90. The van der Waals surface area contributed by atoms with E-state index in [4.69, 9.17) is 5.73 Å². The van der Waals surface area contributed by atoms with Crippen molar-refractivity contribution in [2.24, 2.45) is 10.7 Å². The van der Waals surface area contributed by atoms with Gasteiger partial charge in [-0.2, -0.15) is 4.39 Å². The summed E-state index contributed by atoms with van der Waals surface area (Å²) in [7, 11) is 2.17. The Morgan fingerprint density at radius 2 is 1.94 bits per heavy atom. The van der Waals surface area contributed by atoms with Crippen LogP contribution in [0.25, 0.3) is 0 Å². The van der Waals surface area contributed by atoms with Crippen molar-refractivity contribution in [1.82, 2.24) is 15.2 Å². The first kappa shape index (κ1) is 27.3.